The molecular formula is C7H13NO2. The van der Waals surface area contributed by atoms with E-state index in [0.29, 0.717) is 12.0 Å². The van der Waals surface area contributed by atoms with Gasteiger partial charge < -0.3 is 14.8 Å². The summed E-state index contributed by atoms with van der Waals surface area (Å²) in [6, 6.07) is 0.570. The Hall–Kier alpha value is -0.120. The van der Waals surface area contributed by atoms with Gasteiger partial charge in [0.25, 0.3) is 0 Å². The third-order valence-electron chi connectivity index (χ3n) is 2.21. The van der Waals surface area contributed by atoms with Crippen LogP contribution in [0.25, 0.3) is 0 Å². The zero-order valence-corrected chi connectivity index (χ0v) is 6.01. The van der Waals surface area contributed by atoms with E-state index in [1.807, 2.05) is 0 Å². The molecule has 0 bridgehead atoms. The van der Waals surface area contributed by atoms with Crippen molar-refractivity contribution in [3.63, 3.8) is 0 Å². The van der Waals surface area contributed by atoms with Crippen molar-refractivity contribution in [1.82, 2.24) is 5.32 Å². The summed E-state index contributed by atoms with van der Waals surface area (Å²) in [5.41, 5.74) is 0. The van der Waals surface area contributed by atoms with Gasteiger partial charge in [0.2, 0.25) is 0 Å². The quantitative estimate of drug-likeness (QED) is 0.501. The van der Waals surface area contributed by atoms with Crippen molar-refractivity contribution in [3.05, 3.63) is 0 Å². The molecule has 2 rings (SSSR count). The Balaban J connectivity index is 1.83. The molecule has 2 aliphatic rings. The van der Waals surface area contributed by atoms with Crippen LogP contribution in [0.15, 0.2) is 0 Å². The summed E-state index contributed by atoms with van der Waals surface area (Å²) in [5, 5.41) is 3.31. The Morgan fingerprint density at radius 2 is 1.90 bits per heavy atom. The lowest BCUT2D eigenvalue weighted by Gasteiger charge is -2.38. The smallest absolute Gasteiger partial charge is 0.0701 e. The molecule has 2 atom stereocenters. The standard InChI is InChI=1S/C7H13NO2/c1-2-10-5-7-6(3-8-7)4-9-1/h6-8H,1-5H2. The molecule has 2 aliphatic heterocycles. The summed E-state index contributed by atoms with van der Waals surface area (Å²) in [4.78, 5) is 0. The highest BCUT2D eigenvalue weighted by Crippen LogP contribution is 2.15. The molecule has 2 heterocycles. The molecule has 3 heteroatoms. The lowest BCUT2D eigenvalue weighted by Crippen LogP contribution is -2.58. The lowest BCUT2D eigenvalue weighted by molar-refractivity contribution is -0.0436. The molecule has 10 heavy (non-hydrogen) atoms. The molecule has 0 spiro atoms. The first-order chi connectivity index (χ1) is 4.97. The monoisotopic (exact) mass is 143 g/mol. The van der Waals surface area contributed by atoms with Gasteiger partial charge in [0.05, 0.1) is 26.4 Å². The van der Waals surface area contributed by atoms with Gasteiger partial charge >= 0.3 is 0 Å². The zero-order chi connectivity index (χ0) is 6.81. The Morgan fingerprint density at radius 3 is 2.60 bits per heavy atom. The molecule has 0 saturated carbocycles. The van der Waals surface area contributed by atoms with Crippen LogP contribution in [0, 0.1) is 5.92 Å². The van der Waals surface area contributed by atoms with Crippen molar-refractivity contribution in [2.75, 3.05) is 33.0 Å². The van der Waals surface area contributed by atoms with Crippen LogP contribution < -0.4 is 5.32 Å². The molecule has 0 aromatic rings. The molecule has 0 aromatic carbocycles. The molecule has 1 N–H and O–H groups in total. The first-order valence-electron chi connectivity index (χ1n) is 3.86. The van der Waals surface area contributed by atoms with Crippen LogP contribution in [0.4, 0.5) is 0 Å². The molecule has 0 aromatic heterocycles. The van der Waals surface area contributed by atoms with Crippen molar-refractivity contribution < 1.29 is 9.47 Å². The van der Waals surface area contributed by atoms with Crippen molar-refractivity contribution in [1.29, 1.82) is 0 Å². The van der Waals surface area contributed by atoms with Crippen LogP contribution in [-0.4, -0.2) is 39.0 Å². The highest BCUT2D eigenvalue weighted by atomic mass is 16.5. The number of fused-ring (bicyclic) bond motifs is 1. The summed E-state index contributed by atoms with van der Waals surface area (Å²) in [6.07, 6.45) is 0. The largest absolute Gasteiger partial charge is 0.379 e. The molecule has 58 valence electrons. The van der Waals surface area contributed by atoms with Gasteiger partial charge in [-0.2, -0.15) is 0 Å². The Morgan fingerprint density at radius 1 is 1.10 bits per heavy atom. The second kappa shape index (κ2) is 2.86. The molecule has 0 aliphatic carbocycles. The van der Waals surface area contributed by atoms with Crippen molar-refractivity contribution in [2.24, 2.45) is 5.92 Å². The maximum absolute atomic E-state index is 5.34. The predicted octanol–water partition coefficient (Wildman–Crippen LogP) is -0.379. The van der Waals surface area contributed by atoms with Crippen LogP contribution in [0.1, 0.15) is 0 Å². The van der Waals surface area contributed by atoms with Gasteiger partial charge in [0.1, 0.15) is 0 Å². The Bertz CT molecular complexity index is 104. The summed E-state index contributed by atoms with van der Waals surface area (Å²) >= 11 is 0. The SMILES string of the molecule is C1COCC2NCC2CO1. The average molecular weight is 143 g/mol. The van der Waals surface area contributed by atoms with E-state index in [0.717, 1.165) is 33.0 Å². The van der Waals surface area contributed by atoms with E-state index in [4.69, 9.17) is 9.47 Å². The highest BCUT2D eigenvalue weighted by Gasteiger charge is 2.31. The van der Waals surface area contributed by atoms with Gasteiger partial charge in [-0.15, -0.1) is 0 Å². The van der Waals surface area contributed by atoms with Crippen molar-refractivity contribution >= 4 is 0 Å². The van der Waals surface area contributed by atoms with E-state index in [1.165, 1.54) is 0 Å². The molecule has 2 saturated heterocycles. The van der Waals surface area contributed by atoms with Gasteiger partial charge in [-0.25, -0.2) is 0 Å². The molecule has 3 nitrogen and oxygen atoms in total. The zero-order valence-electron chi connectivity index (χ0n) is 6.01. The molecule has 2 fully saturated rings. The highest BCUT2D eigenvalue weighted by molar-refractivity contribution is 4.88. The topological polar surface area (TPSA) is 30.5 Å². The van der Waals surface area contributed by atoms with Crippen LogP contribution in [0.2, 0.25) is 0 Å². The van der Waals surface area contributed by atoms with Gasteiger partial charge in [0, 0.05) is 18.5 Å². The number of nitrogens with one attached hydrogen (secondary N) is 1. The fourth-order valence-electron chi connectivity index (χ4n) is 1.38. The van der Waals surface area contributed by atoms with E-state index in [-0.39, 0.29) is 0 Å². The minimum Gasteiger partial charge on any atom is -0.379 e. The van der Waals surface area contributed by atoms with Crippen molar-refractivity contribution in [2.45, 2.75) is 6.04 Å². The first kappa shape index (κ1) is 6.58. The van der Waals surface area contributed by atoms with E-state index < -0.39 is 0 Å². The van der Waals surface area contributed by atoms with Crippen molar-refractivity contribution in [3.8, 4) is 0 Å². The van der Waals surface area contributed by atoms with Gasteiger partial charge in [-0.05, 0) is 0 Å². The minimum atomic E-state index is 0.570. The second-order valence-corrected chi connectivity index (χ2v) is 2.92. The molecule has 0 radical (unpaired) electrons. The summed E-state index contributed by atoms with van der Waals surface area (Å²) in [6.45, 7) is 4.41. The maximum Gasteiger partial charge on any atom is 0.0701 e. The van der Waals surface area contributed by atoms with E-state index in [2.05, 4.69) is 5.32 Å². The van der Waals surface area contributed by atoms with Crippen LogP contribution in [0.3, 0.4) is 0 Å². The minimum absolute atomic E-state index is 0.570. The number of rotatable bonds is 0. The Kier molecular flexibility index (Phi) is 1.88. The maximum atomic E-state index is 5.34. The van der Waals surface area contributed by atoms with E-state index in [1.54, 1.807) is 0 Å². The third-order valence-corrected chi connectivity index (χ3v) is 2.21. The van der Waals surface area contributed by atoms with Gasteiger partial charge in [-0.1, -0.05) is 0 Å². The number of hydrogen-bond acceptors (Lipinski definition) is 3. The summed E-state index contributed by atoms with van der Waals surface area (Å²) in [5.74, 6) is 0.709. The first-order valence-corrected chi connectivity index (χ1v) is 3.86. The fraction of sp³-hybridized carbons (Fsp3) is 1.00. The van der Waals surface area contributed by atoms with Gasteiger partial charge in [-0.3, -0.25) is 0 Å². The summed E-state index contributed by atoms with van der Waals surface area (Å²) < 4.78 is 10.7. The fourth-order valence-corrected chi connectivity index (χ4v) is 1.38. The summed E-state index contributed by atoms with van der Waals surface area (Å²) in [7, 11) is 0. The Labute approximate surface area is 60.7 Å². The van der Waals surface area contributed by atoms with Crippen LogP contribution in [0.5, 0.6) is 0 Å². The van der Waals surface area contributed by atoms with Crippen LogP contribution >= 0.6 is 0 Å². The second-order valence-electron chi connectivity index (χ2n) is 2.92. The lowest BCUT2D eigenvalue weighted by atomic mass is 9.93. The molecular weight excluding hydrogens is 130 g/mol. The van der Waals surface area contributed by atoms with Crippen LogP contribution in [-0.2, 0) is 9.47 Å². The number of hydrogen-bond donors (Lipinski definition) is 1. The normalized spacial score (nSPS) is 40.8. The van der Waals surface area contributed by atoms with E-state index >= 15 is 0 Å². The third kappa shape index (κ3) is 1.17. The number of ether oxygens (including phenoxy) is 2. The molecule has 0 amide bonds. The molecule has 2 unspecified atom stereocenters. The predicted molar refractivity (Wildman–Crippen MR) is 36.9 cm³/mol. The average Bonchev–Trinajstić information content (AvgIpc) is 1.89. The van der Waals surface area contributed by atoms with E-state index in [9.17, 15) is 0 Å². The van der Waals surface area contributed by atoms with Gasteiger partial charge in [0.15, 0.2) is 0 Å².